The zero-order valence-electron chi connectivity index (χ0n) is 10.7. The Labute approximate surface area is 106 Å². The number of rotatable bonds is 2. The third-order valence-corrected chi connectivity index (χ3v) is 4.67. The summed E-state index contributed by atoms with van der Waals surface area (Å²) in [5, 5.41) is 2.82. The lowest BCUT2D eigenvalue weighted by molar-refractivity contribution is -0.156. The Bertz CT molecular complexity index is 337. The van der Waals surface area contributed by atoms with Crippen molar-refractivity contribution in [2.45, 2.75) is 51.2 Å². The van der Waals surface area contributed by atoms with Gasteiger partial charge < -0.3 is 10.2 Å². The standard InChI is InChI=1S/C12H20N2O2S/c1-4-9-10(15)13-12(2,3)11(16)14(9)8-5-6-17-7-8/h8-9H,4-7H2,1-3H3,(H,13,15). The van der Waals surface area contributed by atoms with Crippen molar-refractivity contribution in [3.05, 3.63) is 0 Å². The maximum atomic E-state index is 12.5. The number of carbonyl (C=O) groups excluding carboxylic acids is 2. The Morgan fingerprint density at radius 2 is 2.18 bits per heavy atom. The van der Waals surface area contributed by atoms with E-state index in [1.807, 2.05) is 23.6 Å². The van der Waals surface area contributed by atoms with E-state index in [0.717, 1.165) is 17.9 Å². The van der Waals surface area contributed by atoms with Crippen LogP contribution in [0.15, 0.2) is 0 Å². The number of carbonyl (C=O) groups is 2. The first-order valence-corrected chi connectivity index (χ1v) is 7.35. The first-order chi connectivity index (χ1) is 7.97. The normalized spacial score (nSPS) is 32.8. The monoisotopic (exact) mass is 256 g/mol. The Morgan fingerprint density at radius 1 is 1.47 bits per heavy atom. The Kier molecular flexibility index (Phi) is 3.39. The molecule has 0 bridgehead atoms. The van der Waals surface area contributed by atoms with Crippen molar-refractivity contribution < 1.29 is 9.59 Å². The lowest BCUT2D eigenvalue weighted by atomic mass is 9.93. The number of nitrogens with zero attached hydrogens (tertiary/aromatic N) is 1. The fourth-order valence-electron chi connectivity index (χ4n) is 2.58. The summed E-state index contributed by atoms with van der Waals surface area (Å²) in [4.78, 5) is 26.3. The number of hydrogen-bond acceptors (Lipinski definition) is 3. The van der Waals surface area contributed by atoms with Crippen molar-refractivity contribution in [2.24, 2.45) is 0 Å². The van der Waals surface area contributed by atoms with Crippen LogP contribution in [0.2, 0.25) is 0 Å². The van der Waals surface area contributed by atoms with Gasteiger partial charge >= 0.3 is 0 Å². The number of nitrogens with one attached hydrogen (secondary N) is 1. The molecule has 2 atom stereocenters. The zero-order valence-corrected chi connectivity index (χ0v) is 11.5. The first-order valence-electron chi connectivity index (χ1n) is 6.20. The van der Waals surface area contributed by atoms with Crippen LogP contribution in [0, 0.1) is 0 Å². The van der Waals surface area contributed by atoms with E-state index in [9.17, 15) is 9.59 Å². The molecular formula is C12H20N2O2S. The van der Waals surface area contributed by atoms with Crippen LogP contribution in [-0.4, -0.2) is 45.8 Å². The summed E-state index contributed by atoms with van der Waals surface area (Å²) in [5.74, 6) is 2.11. The molecule has 96 valence electrons. The molecule has 2 amide bonds. The molecule has 17 heavy (non-hydrogen) atoms. The smallest absolute Gasteiger partial charge is 0.248 e. The molecule has 4 nitrogen and oxygen atoms in total. The summed E-state index contributed by atoms with van der Waals surface area (Å²) in [6, 6.07) is -0.0398. The predicted molar refractivity (Wildman–Crippen MR) is 68.9 cm³/mol. The van der Waals surface area contributed by atoms with Gasteiger partial charge in [0.2, 0.25) is 11.8 Å². The fourth-order valence-corrected chi connectivity index (χ4v) is 3.78. The van der Waals surface area contributed by atoms with Gasteiger partial charge in [-0.2, -0.15) is 11.8 Å². The van der Waals surface area contributed by atoms with Crippen LogP contribution in [0.5, 0.6) is 0 Å². The minimum absolute atomic E-state index is 0.00556. The summed E-state index contributed by atoms with van der Waals surface area (Å²) in [7, 11) is 0. The molecule has 0 spiro atoms. The van der Waals surface area contributed by atoms with Gasteiger partial charge in [0.1, 0.15) is 11.6 Å². The third kappa shape index (κ3) is 2.17. The second-order valence-electron chi connectivity index (χ2n) is 5.27. The van der Waals surface area contributed by atoms with E-state index >= 15 is 0 Å². The van der Waals surface area contributed by atoms with Gasteiger partial charge in [-0.1, -0.05) is 6.92 Å². The van der Waals surface area contributed by atoms with Gasteiger partial charge in [-0.3, -0.25) is 9.59 Å². The number of piperazine rings is 1. The molecule has 0 aromatic heterocycles. The van der Waals surface area contributed by atoms with Crippen molar-refractivity contribution in [3.63, 3.8) is 0 Å². The van der Waals surface area contributed by atoms with Crippen molar-refractivity contribution >= 4 is 23.6 Å². The van der Waals surface area contributed by atoms with Crippen molar-refractivity contribution in [2.75, 3.05) is 11.5 Å². The van der Waals surface area contributed by atoms with Crippen LogP contribution in [0.4, 0.5) is 0 Å². The molecule has 1 N–H and O–H groups in total. The Balaban J connectivity index is 2.28. The highest BCUT2D eigenvalue weighted by atomic mass is 32.2. The van der Waals surface area contributed by atoms with Crippen LogP contribution < -0.4 is 5.32 Å². The minimum Gasteiger partial charge on any atom is -0.340 e. The molecule has 2 fully saturated rings. The molecule has 2 aliphatic heterocycles. The number of hydrogen-bond donors (Lipinski definition) is 1. The van der Waals surface area contributed by atoms with Crippen LogP contribution >= 0.6 is 11.8 Å². The van der Waals surface area contributed by atoms with Gasteiger partial charge in [0, 0.05) is 11.8 Å². The van der Waals surface area contributed by atoms with Gasteiger partial charge in [0.25, 0.3) is 0 Å². The largest absolute Gasteiger partial charge is 0.340 e. The van der Waals surface area contributed by atoms with E-state index in [4.69, 9.17) is 0 Å². The molecule has 0 aromatic rings. The molecular weight excluding hydrogens is 236 g/mol. The van der Waals surface area contributed by atoms with Crippen molar-refractivity contribution in [1.82, 2.24) is 10.2 Å². The van der Waals surface area contributed by atoms with E-state index in [1.54, 1.807) is 13.8 Å². The van der Waals surface area contributed by atoms with Crippen LogP contribution in [0.1, 0.15) is 33.6 Å². The second-order valence-corrected chi connectivity index (χ2v) is 6.42. The van der Waals surface area contributed by atoms with Gasteiger partial charge in [0.15, 0.2) is 0 Å². The molecule has 0 saturated carbocycles. The molecule has 5 heteroatoms. The first kappa shape index (κ1) is 12.7. The SMILES string of the molecule is CCC1C(=O)NC(C)(C)C(=O)N1C1CCSC1. The number of amides is 2. The van der Waals surface area contributed by atoms with E-state index in [2.05, 4.69) is 5.32 Å². The molecule has 2 saturated heterocycles. The predicted octanol–water partition coefficient (Wildman–Crippen LogP) is 1.01. The molecule has 2 aliphatic rings. The van der Waals surface area contributed by atoms with E-state index in [1.165, 1.54) is 0 Å². The summed E-state index contributed by atoms with van der Waals surface area (Å²) in [6.07, 6.45) is 1.70. The lowest BCUT2D eigenvalue weighted by Gasteiger charge is -2.45. The number of thioether (sulfide) groups is 1. The highest BCUT2D eigenvalue weighted by molar-refractivity contribution is 7.99. The van der Waals surface area contributed by atoms with Crippen LogP contribution in [0.3, 0.4) is 0 Å². The molecule has 0 radical (unpaired) electrons. The quantitative estimate of drug-likeness (QED) is 0.802. The molecule has 2 heterocycles. The summed E-state index contributed by atoms with van der Waals surface area (Å²) in [5.41, 5.74) is -0.754. The highest BCUT2D eigenvalue weighted by Crippen LogP contribution is 2.29. The topological polar surface area (TPSA) is 49.4 Å². The van der Waals surface area contributed by atoms with Gasteiger partial charge in [0.05, 0.1) is 0 Å². The summed E-state index contributed by atoms with van der Waals surface area (Å²) >= 11 is 1.87. The maximum absolute atomic E-state index is 12.5. The Morgan fingerprint density at radius 3 is 2.71 bits per heavy atom. The second kappa shape index (κ2) is 4.52. The van der Waals surface area contributed by atoms with E-state index in [0.29, 0.717) is 6.42 Å². The molecule has 0 aliphatic carbocycles. The third-order valence-electron chi connectivity index (χ3n) is 3.53. The average molecular weight is 256 g/mol. The van der Waals surface area contributed by atoms with E-state index < -0.39 is 5.54 Å². The lowest BCUT2D eigenvalue weighted by Crippen LogP contribution is -2.69. The summed E-state index contributed by atoms with van der Waals surface area (Å²) < 4.78 is 0. The minimum atomic E-state index is -0.754. The summed E-state index contributed by atoms with van der Waals surface area (Å²) in [6.45, 7) is 5.54. The van der Waals surface area contributed by atoms with Crippen molar-refractivity contribution in [1.29, 1.82) is 0 Å². The highest BCUT2D eigenvalue weighted by Gasteiger charge is 2.47. The molecule has 2 unspecified atom stereocenters. The fraction of sp³-hybridized carbons (Fsp3) is 0.833. The Hall–Kier alpha value is -0.710. The maximum Gasteiger partial charge on any atom is 0.248 e. The van der Waals surface area contributed by atoms with Gasteiger partial charge in [-0.15, -0.1) is 0 Å². The van der Waals surface area contributed by atoms with E-state index in [-0.39, 0.29) is 23.9 Å². The van der Waals surface area contributed by atoms with Crippen molar-refractivity contribution in [3.8, 4) is 0 Å². The van der Waals surface area contributed by atoms with Gasteiger partial charge in [-0.25, -0.2) is 0 Å². The average Bonchev–Trinajstić information content (AvgIpc) is 2.75. The zero-order chi connectivity index (χ0) is 12.6. The van der Waals surface area contributed by atoms with Crippen LogP contribution in [-0.2, 0) is 9.59 Å². The molecule has 0 aromatic carbocycles. The molecule has 2 rings (SSSR count). The van der Waals surface area contributed by atoms with Crippen LogP contribution in [0.25, 0.3) is 0 Å². The van der Waals surface area contributed by atoms with Gasteiger partial charge in [-0.05, 0) is 32.4 Å².